The van der Waals surface area contributed by atoms with Crippen LogP contribution >= 0.6 is 0 Å². The molecule has 47 heavy (non-hydrogen) atoms. The molecule has 7 rings (SSSR count). The lowest BCUT2D eigenvalue weighted by Crippen LogP contribution is -2.55. The van der Waals surface area contributed by atoms with E-state index in [-0.39, 0.29) is 48.3 Å². The van der Waals surface area contributed by atoms with Gasteiger partial charge in [-0.25, -0.2) is 14.8 Å². The van der Waals surface area contributed by atoms with Crippen LogP contribution in [0.15, 0.2) is 57.6 Å². The Bertz CT molecular complexity index is 1910. The number of oxazole rings is 2. The van der Waals surface area contributed by atoms with Crippen LogP contribution in [0.25, 0.3) is 11.6 Å². The van der Waals surface area contributed by atoms with Gasteiger partial charge in [-0.2, -0.15) is 0 Å². The molecule has 0 saturated heterocycles. The van der Waals surface area contributed by atoms with Gasteiger partial charge in [0.1, 0.15) is 35.1 Å². The molecule has 5 N–H and O–H groups in total. The highest BCUT2D eigenvalue weighted by Gasteiger charge is 2.61. The summed E-state index contributed by atoms with van der Waals surface area (Å²) in [4.78, 5) is 48.2. The summed E-state index contributed by atoms with van der Waals surface area (Å²) in [5.41, 5.74) is 0.175. The number of anilines is 1. The number of carbonyl (C=O) groups excluding carboxylic acids is 2. The summed E-state index contributed by atoms with van der Waals surface area (Å²) in [5, 5.41) is 29.9. The lowest BCUT2D eigenvalue weighted by molar-refractivity contribution is -0.143. The molecule has 3 aliphatic rings. The Labute approximate surface area is 269 Å². The molecular formula is C34H35N5O8. The Morgan fingerprint density at radius 2 is 1.87 bits per heavy atom. The number of aliphatic hydroxyl groups is 1. The third-order valence-electron chi connectivity index (χ3n) is 9.56. The van der Waals surface area contributed by atoms with Crippen molar-refractivity contribution in [2.24, 2.45) is 5.92 Å². The lowest BCUT2D eigenvalue weighted by atomic mass is 9.72. The number of carboxylic acids is 1. The number of nitrogens with one attached hydrogen (secondary N) is 3. The van der Waals surface area contributed by atoms with E-state index in [9.17, 15) is 24.6 Å². The number of nitrogens with zero attached hydrogens (tertiary/aromatic N) is 2. The van der Waals surface area contributed by atoms with Crippen molar-refractivity contribution in [3.63, 3.8) is 0 Å². The van der Waals surface area contributed by atoms with Crippen LogP contribution in [0.2, 0.25) is 0 Å². The summed E-state index contributed by atoms with van der Waals surface area (Å²) in [6.07, 6.45) is 0.831. The highest BCUT2D eigenvalue weighted by Crippen LogP contribution is 2.59. The van der Waals surface area contributed by atoms with E-state index in [2.05, 4.69) is 20.9 Å². The molecule has 0 radical (unpaired) electrons. The molecule has 13 nitrogen and oxygen atoms in total. The minimum absolute atomic E-state index is 0.0678. The van der Waals surface area contributed by atoms with Gasteiger partial charge in [-0.05, 0) is 42.0 Å². The molecule has 0 fully saturated rings. The number of rotatable bonds is 7. The van der Waals surface area contributed by atoms with Crippen molar-refractivity contribution >= 4 is 23.5 Å². The first-order chi connectivity index (χ1) is 22.5. The van der Waals surface area contributed by atoms with Gasteiger partial charge in [0.15, 0.2) is 23.4 Å². The third kappa shape index (κ3) is 4.59. The largest absolute Gasteiger partial charge is 0.476 e. The van der Waals surface area contributed by atoms with Crippen LogP contribution in [0.4, 0.5) is 5.69 Å². The van der Waals surface area contributed by atoms with E-state index in [1.807, 2.05) is 56.3 Å². The first-order valence-electron chi connectivity index (χ1n) is 15.7. The second-order valence-electron chi connectivity index (χ2n) is 12.6. The zero-order valence-corrected chi connectivity index (χ0v) is 26.3. The Morgan fingerprint density at radius 3 is 2.57 bits per heavy atom. The maximum atomic E-state index is 14.0. The standard InChI is InChI=1S/C34H35N5O8/c1-5-33(44,6-2)31(43)36-21-14-17-11-12-23-19(13-17)34(18-9-7-8-10-20(18)37-32(34)46-23)26-25(28-35-22(15-45-28)30(41)42)39-29(47-26)24(16(3)4)38-27(21)40/h7-13,15-16,21,24,32,37,44H,5-6,14H2,1-4H3,(H,36,43)(H,38,40)(H,41,42)/t21-,24-,32?,34-/m0/s1. The summed E-state index contributed by atoms with van der Waals surface area (Å²) in [6.45, 7) is 7.21. The zero-order valence-electron chi connectivity index (χ0n) is 26.3. The number of carboxylic acid groups (broad SMARTS) is 1. The van der Waals surface area contributed by atoms with Gasteiger partial charge in [-0.15, -0.1) is 0 Å². The average molecular weight is 642 g/mol. The summed E-state index contributed by atoms with van der Waals surface area (Å²) < 4.78 is 18.9. The molecule has 3 aliphatic heterocycles. The van der Waals surface area contributed by atoms with Gasteiger partial charge in [0.05, 0.1) is 0 Å². The van der Waals surface area contributed by atoms with Crippen molar-refractivity contribution in [1.82, 2.24) is 20.6 Å². The number of benzene rings is 2. The Kier molecular flexibility index (Phi) is 7.12. The van der Waals surface area contributed by atoms with Crippen LogP contribution in [0, 0.1) is 5.92 Å². The topological polar surface area (TPSA) is 189 Å². The quantitative estimate of drug-likeness (QED) is 0.197. The average Bonchev–Trinajstić information content (AvgIpc) is 3.83. The van der Waals surface area contributed by atoms with E-state index >= 15 is 0 Å². The Balaban J connectivity index is 1.48. The van der Waals surface area contributed by atoms with Crippen LogP contribution in [0.1, 0.15) is 85.4 Å². The van der Waals surface area contributed by atoms with E-state index in [0.29, 0.717) is 11.5 Å². The molecule has 2 amide bonds. The molecule has 2 aromatic heterocycles. The number of carbonyl (C=O) groups is 3. The molecular weight excluding hydrogens is 606 g/mol. The molecule has 1 unspecified atom stereocenters. The van der Waals surface area contributed by atoms with Gasteiger partial charge in [0, 0.05) is 17.7 Å². The molecule has 5 heterocycles. The summed E-state index contributed by atoms with van der Waals surface area (Å²) in [7, 11) is 0. The van der Waals surface area contributed by atoms with Crippen molar-refractivity contribution in [2.45, 2.75) is 76.3 Å². The van der Waals surface area contributed by atoms with Crippen LogP contribution < -0.4 is 20.7 Å². The molecule has 4 aromatic rings. The van der Waals surface area contributed by atoms with Crippen LogP contribution in [-0.4, -0.2) is 55.8 Å². The first-order valence-corrected chi connectivity index (χ1v) is 15.7. The van der Waals surface area contributed by atoms with Crippen molar-refractivity contribution in [1.29, 1.82) is 0 Å². The van der Waals surface area contributed by atoms with E-state index in [0.717, 1.165) is 28.6 Å². The van der Waals surface area contributed by atoms with E-state index in [1.165, 1.54) is 0 Å². The predicted octanol–water partition coefficient (Wildman–Crippen LogP) is 3.91. The minimum Gasteiger partial charge on any atom is -0.476 e. The number of aromatic carboxylic acids is 1. The molecule has 0 aliphatic carbocycles. The predicted molar refractivity (Wildman–Crippen MR) is 167 cm³/mol. The molecule has 0 saturated carbocycles. The number of fused-ring (bicyclic) bond motifs is 4. The second kappa shape index (κ2) is 11.0. The van der Waals surface area contributed by atoms with Crippen molar-refractivity contribution < 1.29 is 38.2 Å². The molecule has 13 heteroatoms. The van der Waals surface area contributed by atoms with Crippen LogP contribution in [-0.2, 0) is 21.4 Å². The van der Waals surface area contributed by atoms with Crippen molar-refractivity contribution in [3.05, 3.63) is 82.8 Å². The van der Waals surface area contributed by atoms with E-state index in [1.54, 1.807) is 13.8 Å². The van der Waals surface area contributed by atoms with Gasteiger partial charge >= 0.3 is 5.97 Å². The van der Waals surface area contributed by atoms with Crippen LogP contribution in [0.5, 0.6) is 5.75 Å². The van der Waals surface area contributed by atoms with Gasteiger partial charge in [0.25, 0.3) is 5.91 Å². The van der Waals surface area contributed by atoms with Crippen LogP contribution in [0.3, 0.4) is 0 Å². The van der Waals surface area contributed by atoms with Gasteiger partial charge in [-0.3, -0.25) is 9.59 Å². The monoisotopic (exact) mass is 641 g/mol. The summed E-state index contributed by atoms with van der Waals surface area (Å²) in [6, 6.07) is 11.4. The minimum atomic E-state index is -1.64. The Morgan fingerprint density at radius 1 is 1.11 bits per heavy atom. The smallest absolute Gasteiger partial charge is 0.357 e. The number of hydrogen-bond donors (Lipinski definition) is 5. The number of hydrogen-bond acceptors (Lipinski definition) is 10. The van der Waals surface area contributed by atoms with Gasteiger partial charge < -0.3 is 39.7 Å². The van der Waals surface area contributed by atoms with Gasteiger partial charge in [-0.1, -0.05) is 58.0 Å². The summed E-state index contributed by atoms with van der Waals surface area (Å²) >= 11 is 0. The molecule has 4 atom stereocenters. The maximum absolute atomic E-state index is 14.0. The summed E-state index contributed by atoms with van der Waals surface area (Å²) in [5.74, 6) is -1.68. The normalized spacial score (nSPS) is 22.7. The van der Waals surface area contributed by atoms with Crippen molar-refractivity contribution in [3.8, 4) is 17.3 Å². The number of para-hydroxylation sites is 1. The fourth-order valence-corrected chi connectivity index (χ4v) is 6.79. The fraction of sp³-hybridized carbons (Fsp3) is 0.382. The first kappa shape index (κ1) is 30.5. The second-order valence-corrected chi connectivity index (χ2v) is 12.6. The lowest BCUT2D eigenvalue weighted by Gasteiger charge is -2.30. The number of aromatic nitrogens is 2. The van der Waals surface area contributed by atoms with Gasteiger partial charge in [0.2, 0.25) is 17.7 Å². The Hall–Kier alpha value is -5.17. The SMILES string of the molecule is CCC(O)(CC)C(=O)N[C@H]1Cc2ccc3c(c2)[C@@]2(c4ccccc4NC2O3)c2oc(nc2-c2nc(C(=O)O)co2)[C@H](C(C)C)NC1=O. The molecule has 244 valence electrons. The third-order valence-corrected chi connectivity index (χ3v) is 9.56. The highest BCUT2D eigenvalue weighted by atomic mass is 16.5. The number of ether oxygens (including phenoxy) is 1. The highest BCUT2D eigenvalue weighted by molar-refractivity contribution is 5.92. The number of amides is 2. The molecule has 4 bridgehead atoms. The fourth-order valence-electron chi connectivity index (χ4n) is 6.79. The zero-order chi connectivity index (χ0) is 33.2. The molecule has 1 spiro atoms. The van der Waals surface area contributed by atoms with E-state index < -0.39 is 47.1 Å². The van der Waals surface area contributed by atoms with E-state index in [4.69, 9.17) is 18.6 Å². The van der Waals surface area contributed by atoms with Crippen molar-refractivity contribution in [2.75, 3.05) is 5.32 Å². The molecule has 2 aromatic carbocycles. The maximum Gasteiger partial charge on any atom is 0.357 e.